The monoisotopic (exact) mass is 243 g/mol. The van der Waals surface area contributed by atoms with Gasteiger partial charge in [-0.2, -0.15) is 0 Å². The fourth-order valence-corrected chi connectivity index (χ4v) is 1.58. The topological polar surface area (TPSA) is 57.6 Å². The van der Waals surface area contributed by atoms with Gasteiger partial charge in [0.1, 0.15) is 5.92 Å². The van der Waals surface area contributed by atoms with Gasteiger partial charge in [0.05, 0.1) is 0 Å². The number of hydrogen-bond donors (Lipinski definition) is 1. The van der Waals surface area contributed by atoms with Crippen molar-refractivity contribution in [1.82, 2.24) is 4.90 Å². The molecule has 0 aromatic rings. The minimum atomic E-state index is -1.05. The van der Waals surface area contributed by atoms with Crippen molar-refractivity contribution in [3.63, 3.8) is 0 Å². The van der Waals surface area contributed by atoms with Crippen molar-refractivity contribution in [1.29, 1.82) is 0 Å². The zero-order valence-corrected chi connectivity index (χ0v) is 12.0. The van der Waals surface area contributed by atoms with Gasteiger partial charge in [-0.25, -0.2) is 0 Å². The zero-order valence-electron chi connectivity index (χ0n) is 12.0. The fourth-order valence-electron chi connectivity index (χ4n) is 1.58. The number of carboxylic acids is 1. The molecule has 0 aliphatic rings. The van der Waals surface area contributed by atoms with Gasteiger partial charge in [0, 0.05) is 12.6 Å². The lowest BCUT2D eigenvalue weighted by molar-refractivity contribution is -0.158. The first-order valence-corrected chi connectivity index (χ1v) is 5.95. The Morgan fingerprint density at radius 3 is 1.82 bits per heavy atom. The molecule has 0 saturated carbocycles. The maximum absolute atomic E-state index is 12.3. The summed E-state index contributed by atoms with van der Waals surface area (Å²) in [5, 5.41) is 9.22. The standard InChI is InChI=1S/C13H25NO3/c1-8-13(5,6)14(7)10(15)9(11(16)17)12(2,3)4/h9H,8H2,1-7H3,(H,16,17). The van der Waals surface area contributed by atoms with Crippen LogP contribution in [0, 0.1) is 11.3 Å². The maximum Gasteiger partial charge on any atom is 0.316 e. The highest BCUT2D eigenvalue weighted by molar-refractivity contribution is 5.97. The molecule has 0 radical (unpaired) electrons. The number of carbonyl (C=O) groups is 2. The Bertz CT molecular complexity index is 302. The lowest BCUT2D eigenvalue weighted by Crippen LogP contribution is -2.51. The molecular formula is C13H25NO3. The molecule has 0 aliphatic carbocycles. The molecular weight excluding hydrogens is 218 g/mol. The normalized spacial score (nSPS) is 14.3. The first-order chi connectivity index (χ1) is 7.45. The summed E-state index contributed by atoms with van der Waals surface area (Å²) in [6.07, 6.45) is 0.783. The van der Waals surface area contributed by atoms with Crippen LogP contribution < -0.4 is 0 Å². The largest absolute Gasteiger partial charge is 0.481 e. The predicted octanol–water partition coefficient (Wildman–Crippen LogP) is 2.38. The van der Waals surface area contributed by atoms with Gasteiger partial charge in [-0.3, -0.25) is 9.59 Å². The van der Waals surface area contributed by atoms with Gasteiger partial charge in [0.15, 0.2) is 0 Å². The minimum absolute atomic E-state index is 0.322. The molecule has 4 nitrogen and oxygen atoms in total. The Balaban J connectivity index is 5.20. The molecule has 0 aliphatic heterocycles. The molecule has 0 fully saturated rings. The molecule has 0 rings (SSSR count). The second kappa shape index (κ2) is 5.07. The van der Waals surface area contributed by atoms with E-state index < -0.39 is 17.3 Å². The number of carbonyl (C=O) groups excluding carboxylic acids is 1. The van der Waals surface area contributed by atoms with Crippen LogP contribution in [-0.4, -0.2) is 34.5 Å². The molecule has 0 aromatic heterocycles. The van der Waals surface area contributed by atoms with Crippen LogP contribution in [0.5, 0.6) is 0 Å². The highest BCUT2D eigenvalue weighted by Crippen LogP contribution is 2.30. The van der Waals surface area contributed by atoms with Crippen molar-refractivity contribution < 1.29 is 14.7 Å². The van der Waals surface area contributed by atoms with E-state index in [-0.39, 0.29) is 11.4 Å². The van der Waals surface area contributed by atoms with Gasteiger partial charge < -0.3 is 10.0 Å². The first-order valence-electron chi connectivity index (χ1n) is 5.95. The molecule has 0 aromatic carbocycles. The third-order valence-electron chi connectivity index (χ3n) is 3.46. The molecule has 17 heavy (non-hydrogen) atoms. The number of aliphatic carboxylic acids is 1. The molecule has 100 valence electrons. The first kappa shape index (κ1) is 15.9. The van der Waals surface area contributed by atoms with E-state index in [2.05, 4.69) is 0 Å². The predicted molar refractivity (Wildman–Crippen MR) is 67.7 cm³/mol. The Hall–Kier alpha value is -1.06. The number of rotatable bonds is 4. The molecule has 4 heteroatoms. The van der Waals surface area contributed by atoms with Crippen LogP contribution in [-0.2, 0) is 9.59 Å². The number of nitrogens with zero attached hydrogens (tertiary/aromatic N) is 1. The van der Waals surface area contributed by atoms with E-state index in [4.69, 9.17) is 0 Å². The maximum atomic E-state index is 12.3. The van der Waals surface area contributed by atoms with Gasteiger partial charge in [0.2, 0.25) is 5.91 Å². The summed E-state index contributed by atoms with van der Waals surface area (Å²) in [5.41, 5.74) is -0.906. The third-order valence-corrected chi connectivity index (χ3v) is 3.46. The van der Waals surface area contributed by atoms with E-state index in [1.165, 1.54) is 0 Å². The van der Waals surface area contributed by atoms with Gasteiger partial charge in [0.25, 0.3) is 0 Å². The van der Waals surface area contributed by atoms with E-state index in [9.17, 15) is 14.7 Å². The summed E-state index contributed by atoms with van der Waals surface area (Å²) < 4.78 is 0. The van der Waals surface area contributed by atoms with Gasteiger partial charge in [-0.15, -0.1) is 0 Å². The van der Waals surface area contributed by atoms with Crippen molar-refractivity contribution >= 4 is 11.9 Å². The van der Waals surface area contributed by atoms with Crippen molar-refractivity contribution in [3.05, 3.63) is 0 Å². The second-order valence-electron chi connectivity index (χ2n) is 6.20. The summed E-state index contributed by atoms with van der Waals surface area (Å²) >= 11 is 0. The number of amides is 1. The van der Waals surface area contributed by atoms with E-state index in [0.29, 0.717) is 0 Å². The lowest BCUT2D eigenvalue weighted by atomic mass is 9.79. The van der Waals surface area contributed by atoms with Crippen LogP contribution >= 0.6 is 0 Å². The Morgan fingerprint density at radius 2 is 1.59 bits per heavy atom. The fraction of sp³-hybridized carbons (Fsp3) is 0.846. The van der Waals surface area contributed by atoms with Crippen LogP contribution in [0.4, 0.5) is 0 Å². The Labute approximate surface area is 104 Å². The molecule has 1 N–H and O–H groups in total. The zero-order chi connectivity index (χ0) is 14.0. The minimum Gasteiger partial charge on any atom is -0.481 e. The summed E-state index contributed by atoms with van der Waals surface area (Å²) in [5.74, 6) is -2.38. The smallest absolute Gasteiger partial charge is 0.316 e. The summed E-state index contributed by atoms with van der Waals surface area (Å²) in [6, 6.07) is 0. The Morgan fingerprint density at radius 1 is 1.18 bits per heavy atom. The average Bonchev–Trinajstić information content (AvgIpc) is 2.13. The number of hydrogen-bond acceptors (Lipinski definition) is 2. The van der Waals surface area contributed by atoms with E-state index in [1.807, 2.05) is 20.8 Å². The molecule has 0 spiro atoms. The summed E-state index contributed by atoms with van der Waals surface area (Å²) in [4.78, 5) is 25.1. The van der Waals surface area contributed by atoms with Crippen molar-refractivity contribution in [2.45, 2.75) is 53.5 Å². The van der Waals surface area contributed by atoms with Crippen LogP contribution in [0.25, 0.3) is 0 Å². The van der Waals surface area contributed by atoms with Gasteiger partial charge in [-0.1, -0.05) is 27.7 Å². The van der Waals surface area contributed by atoms with Crippen molar-refractivity contribution in [3.8, 4) is 0 Å². The van der Waals surface area contributed by atoms with Crippen LogP contribution in [0.1, 0.15) is 48.0 Å². The highest BCUT2D eigenvalue weighted by atomic mass is 16.4. The van der Waals surface area contributed by atoms with Crippen molar-refractivity contribution in [2.24, 2.45) is 11.3 Å². The Kier molecular flexibility index (Phi) is 4.75. The average molecular weight is 243 g/mol. The molecule has 1 amide bonds. The molecule has 1 unspecified atom stereocenters. The second-order valence-corrected chi connectivity index (χ2v) is 6.20. The van der Waals surface area contributed by atoms with Crippen LogP contribution in [0.2, 0.25) is 0 Å². The summed E-state index contributed by atoms with van der Waals surface area (Å²) in [7, 11) is 1.67. The molecule has 0 heterocycles. The quantitative estimate of drug-likeness (QED) is 0.771. The summed E-state index contributed by atoms with van der Waals surface area (Å²) in [6.45, 7) is 11.2. The lowest BCUT2D eigenvalue weighted by Gasteiger charge is -2.39. The van der Waals surface area contributed by atoms with E-state index in [1.54, 1.807) is 32.7 Å². The SMILES string of the molecule is CCC(C)(C)N(C)C(=O)C(C(=O)O)C(C)(C)C. The van der Waals surface area contributed by atoms with E-state index in [0.717, 1.165) is 6.42 Å². The van der Waals surface area contributed by atoms with Gasteiger partial charge in [-0.05, 0) is 25.7 Å². The third kappa shape index (κ3) is 3.72. The molecule has 0 saturated heterocycles. The highest BCUT2D eigenvalue weighted by Gasteiger charge is 2.42. The molecule has 1 atom stereocenters. The van der Waals surface area contributed by atoms with Crippen LogP contribution in [0.3, 0.4) is 0 Å². The van der Waals surface area contributed by atoms with Crippen LogP contribution in [0.15, 0.2) is 0 Å². The van der Waals surface area contributed by atoms with E-state index >= 15 is 0 Å². The van der Waals surface area contributed by atoms with Crippen molar-refractivity contribution in [2.75, 3.05) is 7.05 Å². The number of carboxylic acid groups (broad SMARTS) is 1. The van der Waals surface area contributed by atoms with Gasteiger partial charge >= 0.3 is 5.97 Å². The molecule has 0 bridgehead atoms.